The van der Waals surface area contributed by atoms with Gasteiger partial charge in [-0.3, -0.25) is 9.78 Å². The predicted molar refractivity (Wildman–Crippen MR) is 175 cm³/mol. The number of amides is 1. The average molecular weight is 583 g/mol. The lowest BCUT2D eigenvalue weighted by atomic mass is 10.1. The van der Waals surface area contributed by atoms with E-state index in [1.165, 1.54) is 77.0 Å². The highest BCUT2D eigenvalue weighted by Gasteiger charge is 2.19. The van der Waals surface area contributed by atoms with Crippen LogP contribution in [-0.4, -0.2) is 30.7 Å². The molecule has 2 aromatic rings. The molecule has 0 saturated heterocycles. The summed E-state index contributed by atoms with van der Waals surface area (Å²) in [5.74, 6) is 1.60. The van der Waals surface area contributed by atoms with Crippen molar-refractivity contribution in [2.75, 3.05) is 25.1 Å². The van der Waals surface area contributed by atoms with E-state index >= 15 is 0 Å². The van der Waals surface area contributed by atoms with Crippen molar-refractivity contribution < 1.29 is 19.0 Å². The van der Waals surface area contributed by atoms with Crippen molar-refractivity contribution in [1.82, 2.24) is 4.98 Å². The molecular weight excluding hydrogens is 524 g/mol. The smallest absolute Gasteiger partial charge is 0.255 e. The van der Waals surface area contributed by atoms with Gasteiger partial charge in [0.05, 0.1) is 19.8 Å². The van der Waals surface area contributed by atoms with E-state index in [4.69, 9.17) is 14.2 Å². The molecule has 0 spiro atoms. The number of hydrogen-bond donors (Lipinski definition) is 1. The van der Waals surface area contributed by atoms with Crippen LogP contribution >= 0.6 is 0 Å². The predicted octanol–water partition coefficient (Wildman–Crippen LogP) is 10.6. The molecule has 0 saturated carbocycles. The summed E-state index contributed by atoms with van der Waals surface area (Å²) in [5.41, 5.74) is 1.19. The van der Waals surface area contributed by atoms with Crippen molar-refractivity contribution >= 4 is 11.6 Å². The zero-order valence-electron chi connectivity index (χ0n) is 26.9. The summed E-state index contributed by atoms with van der Waals surface area (Å²) in [6.45, 7) is 8.50. The molecule has 1 N–H and O–H groups in total. The topological polar surface area (TPSA) is 69.7 Å². The maximum Gasteiger partial charge on any atom is 0.255 e. The Kier molecular flexibility index (Phi) is 20.1. The largest absolute Gasteiger partial charge is 0.490 e. The van der Waals surface area contributed by atoms with Crippen LogP contribution in [0.4, 0.5) is 5.69 Å². The molecule has 0 aliphatic heterocycles. The zero-order chi connectivity index (χ0) is 30.1. The van der Waals surface area contributed by atoms with Crippen molar-refractivity contribution in [1.29, 1.82) is 0 Å². The third-order valence-electron chi connectivity index (χ3n) is 7.48. The molecule has 42 heavy (non-hydrogen) atoms. The standard InChI is InChI=1S/C36H58N2O4/c1-4-7-10-13-16-19-26-40-33-29-31(36(39)38-32-22-24-37-25-23-32)30-34(41-27-20-17-14-11-8-5-2)35(33)42-28-21-18-15-12-9-6-3/h22-25,29-30H,4-21,26-28H2,1-3H3,(H,37,38,39). The van der Waals surface area contributed by atoms with Gasteiger partial charge in [0.15, 0.2) is 11.5 Å². The SMILES string of the molecule is CCCCCCCCOc1cc(C(=O)Nc2ccncc2)cc(OCCCCCCCC)c1OCCCCCCCC. The number of nitrogens with zero attached hydrogens (tertiary/aromatic N) is 1. The molecule has 0 unspecified atom stereocenters. The van der Waals surface area contributed by atoms with Gasteiger partial charge in [0.1, 0.15) is 0 Å². The second kappa shape index (κ2) is 23.8. The van der Waals surface area contributed by atoms with Gasteiger partial charge in [-0.2, -0.15) is 0 Å². The van der Waals surface area contributed by atoms with Crippen LogP contribution in [0.2, 0.25) is 0 Å². The highest BCUT2D eigenvalue weighted by Crippen LogP contribution is 2.40. The molecule has 6 heteroatoms. The number of carbonyl (C=O) groups excluding carboxylic acids is 1. The van der Waals surface area contributed by atoms with Crippen LogP contribution in [-0.2, 0) is 0 Å². The number of carbonyl (C=O) groups is 1. The molecule has 1 aromatic carbocycles. The minimum absolute atomic E-state index is 0.211. The van der Waals surface area contributed by atoms with E-state index in [-0.39, 0.29) is 5.91 Å². The minimum Gasteiger partial charge on any atom is -0.490 e. The molecule has 0 bridgehead atoms. The van der Waals surface area contributed by atoms with E-state index in [2.05, 4.69) is 31.1 Å². The first-order chi connectivity index (χ1) is 20.7. The number of hydrogen-bond acceptors (Lipinski definition) is 5. The molecule has 0 fully saturated rings. The van der Waals surface area contributed by atoms with E-state index in [1.54, 1.807) is 24.5 Å². The van der Waals surface area contributed by atoms with Crippen LogP contribution in [0.5, 0.6) is 17.2 Å². The molecule has 0 aliphatic carbocycles. The summed E-state index contributed by atoms with van der Waals surface area (Å²) in [5, 5.41) is 2.97. The maximum absolute atomic E-state index is 13.3. The van der Waals surface area contributed by atoms with Gasteiger partial charge in [0, 0.05) is 23.6 Å². The van der Waals surface area contributed by atoms with E-state index in [9.17, 15) is 4.79 Å². The van der Waals surface area contributed by atoms with Crippen LogP contribution in [0.15, 0.2) is 36.7 Å². The monoisotopic (exact) mass is 582 g/mol. The van der Waals surface area contributed by atoms with E-state index < -0.39 is 0 Å². The van der Waals surface area contributed by atoms with Crippen molar-refractivity contribution in [2.45, 2.75) is 136 Å². The van der Waals surface area contributed by atoms with Gasteiger partial charge in [0.2, 0.25) is 5.75 Å². The fourth-order valence-corrected chi connectivity index (χ4v) is 4.89. The lowest BCUT2D eigenvalue weighted by molar-refractivity contribution is 0.102. The number of anilines is 1. The second-order valence-corrected chi connectivity index (χ2v) is 11.3. The van der Waals surface area contributed by atoms with Gasteiger partial charge < -0.3 is 19.5 Å². The first-order valence-corrected chi connectivity index (χ1v) is 17.0. The fraction of sp³-hybridized carbons (Fsp3) is 0.667. The van der Waals surface area contributed by atoms with E-state index in [0.29, 0.717) is 48.3 Å². The van der Waals surface area contributed by atoms with Crippen molar-refractivity contribution in [3.63, 3.8) is 0 Å². The number of unbranched alkanes of at least 4 members (excludes halogenated alkanes) is 15. The molecule has 6 nitrogen and oxygen atoms in total. The zero-order valence-corrected chi connectivity index (χ0v) is 26.9. The molecular formula is C36H58N2O4. The van der Waals surface area contributed by atoms with Crippen molar-refractivity contribution in [3.8, 4) is 17.2 Å². The quantitative estimate of drug-likeness (QED) is 0.112. The van der Waals surface area contributed by atoms with Gasteiger partial charge in [0.25, 0.3) is 5.91 Å². The van der Waals surface area contributed by atoms with Crippen LogP contribution in [0.1, 0.15) is 147 Å². The lowest BCUT2D eigenvalue weighted by Gasteiger charge is -2.19. The third-order valence-corrected chi connectivity index (χ3v) is 7.48. The Bertz CT molecular complexity index is 912. The molecule has 0 aliphatic rings. The average Bonchev–Trinajstić information content (AvgIpc) is 3.00. The van der Waals surface area contributed by atoms with Gasteiger partial charge in [-0.15, -0.1) is 0 Å². The molecule has 0 atom stereocenters. The highest BCUT2D eigenvalue weighted by atomic mass is 16.5. The number of benzene rings is 1. The first kappa shape index (κ1) is 35.4. The maximum atomic E-state index is 13.3. The van der Waals surface area contributed by atoms with Gasteiger partial charge in [-0.25, -0.2) is 0 Å². The number of aromatic nitrogens is 1. The van der Waals surface area contributed by atoms with Crippen LogP contribution in [0.3, 0.4) is 0 Å². The Balaban J connectivity index is 2.17. The minimum atomic E-state index is -0.211. The molecule has 1 amide bonds. The number of ether oxygens (including phenoxy) is 3. The normalized spacial score (nSPS) is 10.9. The summed E-state index contributed by atoms with van der Waals surface area (Å²) in [6, 6.07) is 7.17. The fourth-order valence-electron chi connectivity index (χ4n) is 4.89. The molecule has 0 radical (unpaired) electrons. The lowest BCUT2D eigenvalue weighted by Crippen LogP contribution is -2.14. The highest BCUT2D eigenvalue weighted by molar-refractivity contribution is 6.05. The molecule has 1 heterocycles. The summed E-state index contributed by atoms with van der Waals surface area (Å²) < 4.78 is 19.0. The first-order valence-electron chi connectivity index (χ1n) is 17.0. The van der Waals surface area contributed by atoms with E-state index in [0.717, 1.165) is 38.5 Å². The number of pyridine rings is 1. The van der Waals surface area contributed by atoms with Crippen molar-refractivity contribution in [3.05, 3.63) is 42.2 Å². The summed E-state index contributed by atoms with van der Waals surface area (Å²) in [7, 11) is 0. The van der Waals surface area contributed by atoms with Crippen LogP contribution in [0, 0.1) is 0 Å². The molecule has 236 valence electrons. The Morgan fingerprint density at radius 1 is 0.595 bits per heavy atom. The summed E-state index contributed by atoms with van der Waals surface area (Å²) in [4.78, 5) is 17.3. The molecule has 2 rings (SSSR count). The van der Waals surface area contributed by atoms with Gasteiger partial charge >= 0.3 is 0 Å². The summed E-state index contributed by atoms with van der Waals surface area (Å²) >= 11 is 0. The van der Waals surface area contributed by atoms with Gasteiger partial charge in [-0.05, 0) is 43.5 Å². The van der Waals surface area contributed by atoms with Gasteiger partial charge in [-0.1, -0.05) is 117 Å². The van der Waals surface area contributed by atoms with Crippen LogP contribution in [0.25, 0.3) is 0 Å². The van der Waals surface area contributed by atoms with Crippen LogP contribution < -0.4 is 19.5 Å². The summed E-state index contributed by atoms with van der Waals surface area (Å²) in [6.07, 6.45) is 24.8. The van der Waals surface area contributed by atoms with E-state index in [1.807, 2.05) is 12.1 Å². The molecule has 1 aromatic heterocycles. The Morgan fingerprint density at radius 3 is 1.45 bits per heavy atom. The Hall–Kier alpha value is -2.76. The second-order valence-electron chi connectivity index (χ2n) is 11.3. The number of nitrogens with one attached hydrogen (secondary N) is 1. The number of rotatable bonds is 26. The Morgan fingerprint density at radius 2 is 1.00 bits per heavy atom. The Labute approximate surface area is 256 Å². The van der Waals surface area contributed by atoms with Crippen molar-refractivity contribution in [2.24, 2.45) is 0 Å². The third kappa shape index (κ3) is 15.5.